The first-order valence-corrected chi connectivity index (χ1v) is 2.40. The van der Waals surface area contributed by atoms with Gasteiger partial charge in [-0.15, -0.1) is 0 Å². The van der Waals surface area contributed by atoms with E-state index in [0.717, 1.165) is 0 Å². The van der Waals surface area contributed by atoms with Crippen LogP contribution in [0.3, 0.4) is 0 Å². The summed E-state index contributed by atoms with van der Waals surface area (Å²) in [5.74, 6) is -0.331. The number of hydrogen-bond donors (Lipinski definition) is 0. The summed E-state index contributed by atoms with van der Waals surface area (Å²) in [5, 5.41) is 0. The van der Waals surface area contributed by atoms with Crippen LogP contribution >= 0.6 is 0 Å². The second-order valence-corrected chi connectivity index (χ2v) is 1.17. The molecule has 8 heavy (non-hydrogen) atoms. The van der Waals surface area contributed by atoms with E-state index in [4.69, 9.17) is 0 Å². The minimum absolute atomic E-state index is 0.198. The van der Waals surface area contributed by atoms with Gasteiger partial charge >= 0.3 is 5.97 Å². The quantitative estimate of drug-likeness (QED) is 0.393. The van der Waals surface area contributed by atoms with Gasteiger partial charge < -0.3 is 4.74 Å². The molecule has 0 amide bonds. The first-order chi connectivity index (χ1) is 3.81. The smallest absolute Gasteiger partial charge is 0.330 e. The van der Waals surface area contributed by atoms with Gasteiger partial charge in [-0.2, -0.15) is 0 Å². The summed E-state index contributed by atoms with van der Waals surface area (Å²) >= 11 is 0. The van der Waals surface area contributed by atoms with Gasteiger partial charge in [0, 0.05) is 6.08 Å². The topological polar surface area (TPSA) is 26.3 Å². The molecule has 0 aliphatic rings. The van der Waals surface area contributed by atoms with Gasteiger partial charge in [0.25, 0.3) is 0 Å². The molecule has 0 saturated carbocycles. The molecule has 0 N–H and O–H groups in total. The molecule has 0 bridgehead atoms. The number of esters is 1. The predicted octanol–water partition coefficient (Wildman–Crippen LogP) is 0.940. The van der Waals surface area contributed by atoms with Crippen molar-refractivity contribution in [3.05, 3.63) is 19.1 Å². The third-order valence-corrected chi connectivity index (χ3v) is 0.547. The summed E-state index contributed by atoms with van der Waals surface area (Å²) in [6.07, 6.45) is 2.98. The Morgan fingerprint density at radius 2 is 2.50 bits per heavy atom. The zero-order valence-corrected chi connectivity index (χ0v) is 4.89. The fraction of sp³-hybridized carbons (Fsp3) is 0.333. The van der Waals surface area contributed by atoms with Crippen molar-refractivity contribution in [2.24, 2.45) is 0 Å². The van der Waals surface area contributed by atoms with Crippen LogP contribution in [-0.4, -0.2) is 12.6 Å². The Bertz CT molecular complexity index is 94.7. The average molecular weight is 113 g/mol. The van der Waals surface area contributed by atoms with Crippen molar-refractivity contribution in [2.75, 3.05) is 6.61 Å². The molecule has 0 unspecified atom stereocenters. The van der Waals surface area contributed by atoms with Crippen molar-refractivity contribution in [3.63, 3.8) is 0 Å². The van der Waals surface area contributed by atoms with E-state index in [-0.39, 0.29) is 12.6 Å². The van der Waals surface area contributed by atoms with E-state index in [9.17, 15) is 4.79 Å². The Hall–Kier alpha value is -0.790. The lowest BCUT2D eigenvalue weighted by Gasteiger charge is -1.91. The highest BCUT2D eigenvalue weighted by atomic mass is 16.5. The minimum atomic E-state index is -0.331. The van der Waals surface area contributed by atoms with Crippen LogP contribution in [0.4, 0.5) is 0 Å². The van der Waals surface area contributed by atoms with E-state index in [1.807, 2.05) is 0 Å². The molecule has 0 rings (SSSR count). The second kappa shape index (κ2) is 4.37. The number of carbonyl (C=O) groups excluding carboxylic acids is 1. The molecular formula is C6H9O2. The van der Waals surface area contributed by atoms with Gasteiger partial charge in [0.15, 0.2) is 0 Å². The van der Waals surface area contributed by atoms with Crippen LogP contribution in [0.25, 0.3) is 0 Å². The van der Waals surface area contributed by atoms with Gasteiger partial charge in [-0.25, -0.2) is 4.79 Å². The Morgan fingerprint density at radius 3 is 2.88 bits per heavy atom. The highest BCUT2D eigenvalue weighted by molar-refractivity contribution is 5.81. The zero-order valence-electron chi connectivity index (χ0n) is 4.89. The summed E-state index contributed by atoms with van der Waals surface area (Å²) in [7, 11) is 0. The van der Waals surface area contributed by atoms with Crippen LogP contribution < -0.4 is 0 Å². The fourth-order valence-corrected chi connectivity index (χ4v) is 0.285. The summed E-state index contributed by atoms with van der Waals surface area (Å²) < 4.78 is 4.45. The molecule has 2 nitrogen and oxygen atoms in total. The molecule has 0 aromatic rings. The standard InChI is InChI=1S/C6H9O2/c1-3-5-6(7)8-4-2/h3,5H,2,4H2,1H3/b5-3+. The normalized spacial score (nSPS) is 9.75. The van der Waals surface area contributed by atoms with Crippen molar-refractivity contribution < 1.29 is 9.53 Å². The second-order valence-electron chi connectivity index (χ2n) is 1.17. The van der Waals surface area contributed by atoms with Crippen molar-refractivity contribution >= 4 is 5.97 Å². The summed E-state index contributed by atoms with van der Waals surface area (Å²) in [4.78, 5) is 10.3. The highest BCUT2D eigenvalue weighted by Gasteiger charge is 1.88. The maximum absolute atomic E-state index is 10.3. The van der Waals surface area contributed by atoms with E-state index < -0.39 is 0 Å². The first-order valence-electron chi connectivity index (χ1n) is 2.40. The van der Waals surface area contributed by atoms with Gasteiger partial charge in [-0.05, 0) is 13.8 Å². The Morgan fingerprint density at radius 1 is 1.88 bits per heavy atom. The number of ether oxygens (including phenoxy) is 1. The van der Waals surface area contributed by atoms with Crippen molar-refractivity contribution in [1.29, 1.82) is 0 Å². The van der Waals surface area contributed by atoms with Crippen LogP contribution in [0.15, 0.2) is 12.2 Å². The SMILES string of the molecule is [CH2]COC(=O)/C=C/C. The van der Waals surface area contributed by atoms with E-state index in [1.165, 1.54) is 6.08 Å². The lowest BCUT2D eigenvalue weighted by Crippen LogP contribution is -1.98. The molecular weight excluding hydrogens is 104 g/mol. The minimum Gasteiger partial charge on any atom is -0.463 e. The molecule has 0 aliphatic heterocycles. The predicted molar refractivity (Wildman–Crippen MR) is 31.1 cm³/mol. The zero-order chi connectivity index (χ0) is 6.41. The molecule has 0 spiro atoms. The average Bonchev–Trinajstić information content (AvgIpc) is 1.68. The van der Waals surface area contributed by atoms with Crippen LogP contribution in [0.1, 0.15) is 6.92 Å². The fourth-order valence-electron chi connectivity index (χ4n) is 0.285. The lowest BCUT2D eigenvalue weighted by atomic mass is 10.5. The highest BCUT2D eigenvalue weighted by Crippen LogP contribution is 1.78. The van der Waals surface area contributed by atoms with Crippen LogP contribution in [0.5, 0.6) is 0 Å². The Labute approximate surface area is 49.1 Å². The Kier molecular flexibility index (Phi) is 3.94. The van der Waals surface area contributed by atoms with E-state index in [0.29, 0.717) is 0 Å². The molecule has 1 radical (unpaired) electrons. The van der Waals surface area contributed by atoms with Gasteiger partial charge in [-0.1, -0.05) is 6.08 Å². The monoisotopic (exact) mass is 113 g/mol. The molecule has 0 atom stereocenters. The molecule has 0 aromatic heterocycles. The van der Waals surface area contributed by atoms with Gasteiger partial charge in [-0.3, -0.25) is 0 Å². The van der Waals surface area contributed by atoms with Crippen LogP contribution in [-0.2, 0) is 9.53 Å². The number of hydrogen-bond acceptors (Lipinski definition) is 2. The van der Waals surface area contributed by atoms with Crippen LogP contribution in [0, 0.1) is 6.92 Å². The summed E-state index contributed by atoms with van der Waals surface area (Å²) in [6.45, 7) is 5.28. The van der Waals surface area contributed by atoms with Gasteiger partial charge in [0.2, 0.25) is 0 Å². The maximum atomic E-state index is 10.3. The number of rotatable bonds is 2. The molecule has 0 aliphatic carbocycles. The molecule has 0 fully saturated rings. The summed E-state index contributed by atoms with van der Waals surface area (Å²) in [6, 6.07) is 0. The molecule has 0 heterocycles. The molecule has 0 aromatic carbocycles. The van der Waals surface area contributed by atoms with E-state index >= 15 is 0 Å². The van der Waals surface area contributed by atoms with Gasteiger partial charge in [0.05, 0.1) is 6.61 Å². The van der Waals surface area contributed by atoms with Crippen molar-refractivity contribution in [1.82, 2.24) is 0 Å². The summed E-state index contributed by atoms with van der Waals surface area (Å²) in [5.41, 5.74) is 0. The molecule has 45 valence electrons. The largest absolute Gasteiger partial charge is 0.463 e. The van der Waals surface area contributed by atoms with E-state index in [2.05, 4.69) is 11.7 Å². The number of carbonyl (C=O) groups is 1. The van der Waals surface area contributed by atoms with Crippen LogP contribution in [0.2, 0.25) is 0 Å². The van der Waals surface area contributed by atoms with Crippen molar-refractivity contribution in [3.8, 4) is 0 Å². The number of allylic oxidation sites excluding steroid dienone is 1. The van der Waals surface area contributed by atoms with Gasteiger partial charge in [0.1, 0.15) is 0 Å². The first kappa shape index (κ1) is 7.21. The maximum Gasteiger partial charge on any atom is 0.330 e. The third kappa shape index (κ3) is 3.40. The lowest BCUT2D eigenvalue weighted by molar-refractivity contribution is -0.136. The third-order valence-electron chi connectivity index (χ3n) is 0.547. The Balaban J connectivity index is 3.33. The van der Waals surface area contributed by atoms with E-state index in [1.54, 1.807) is 13.0 Å². The molecule has 2 heteroatoms. The molecule has 0 saturated heterocycles. The van der Waals surface area contributed by atoms with Crippen molar-refractivity contribution in [2.45, 2.75) is 6.92 Å².